The molecule has 2 unspecified atom stereocenters. The first-order valence-electron chi connectivity index (χ1n) is 8.64. The van der Waals surface area contributed by atoms with Crippen LogP contribution in [-0.2, 0) is 6.42 Å². The highest BCUT2D eigenvalue weighted by Crippen LogP contribution is 2.17. The van der Waals surface area contributed by atoms with Gasteiger partial charge >= 0.3 is 0 Å². The van der Waals surface area contributed by atoms with Crippen molar-refractivity contribution in [3.05, 3.63) is 71.5 Å². The molecule has 1 fully saturated rings. The van der Waals surface area contributed by atoms with Gasteiger partial charge in [0.25, 0.3) is 0 Å². The normalized spacial score (nSPS) is 19.5. The van der Waals surface area contributed by atoms with Crippen LogP contribution in [0.3, 0.4) is 0 Å². The third kappa shape index (κ3) is 4.63. The van der Waals surface area contributed by atoms with Crippen LogP contribution in [0.4, 0.5) is 4.39 Å². The van der Waals surface area contributed by atoms with Gasteiger partial charge in [0.1, 0.15) is 5.82 Å². The van der Waals surface area contributed by atoms with Crippen LogP contribution < -0.4 is 5.32 Å². The Bertz CT molecular complexity index is 635. The number of benzene rings is 2. The van der Waals surface area contributed by atoms with E-state index in [1.54, 1.807) is 18.2 Å². The molecule has 0 aromatic heterocycles. The molecule has 24 heavy (non-hydrogen) atoms. The fraction of sp³-hybridized carbons (Fsp3) is 0.400. The van der Waals surface area contributed by atoms with Crippen LogP contribution in [-0.4, -0.2) is 42.2 Å². The fourth-order valence-corrected chi connectivity index (χ4v) is 3.27. The van der Waals surface area contributed by atoms with E-state index in [0.717, 1.165) is 32.5 Å². The molecule has 2 aromatic carbocycles. The van der Waals surface area contributed by atoms with Crippen molar-refractivity contribution in [1.29, 1.82) is 0 Å². The first-order valence-corrected chi connectivity index (χ1v) is 8.64. The van der Waals surface area contributed by atoms with Crippen LogP contribution >= 0.6 is 0 Å². The second kappa shape index (κ2) is 8.38. The average Bonchev–Trinajstić information content (AvgIpc) is 3.07. The minimum Gasteiger partial charge on any atom is -0.387 e. The molecule has 2 aromatic rings. The molecule has 3 rings (SSSR count). The SMILES string of the molecule is OC(CNC1CCN(CCc2ccccc2)C1)c1ccccc1F. The van der Waals surface area contributed by atoms with Crippen molar-refractivity contribution in [2.75, 3.05) is 26.2 Å². The topological polar surface area (TPSA) is 35.5 Å². The second-order valence-electron chi connectivity index (χ2n) is 6.47. The Morgan fingerprint density at radius 2 is 1.88 bits per heavy atom. The Kier molecular flexibility index (Phi) is 5.96. The van der Waals surface area contributed by atoms with E-state index in [0.29, 0.717) is 18.2 Å². The molecule has 0 bridgehead atoms. The Balaban J connectivity index is 1.41. The summed E-state index contributed by atoms with van der Waals surface area (Å²) < 4.78 is 13.7. The first-order chi connectivity index (χ1) is 11.7. The zero-order valence-corrected chi connectivity index (χ0v) is 13.9. The Morgan fingerprint density at radius 1 is 1.12 bits per heavy atom. The van der Waals surface area contributed by atoms with Gasteiger partial charge in [0.2, 0.25) is 0 Å². The third-order valence-electron chi connectivity index (χ3n) is 4.70. The molecule has 0 aliphatic carbocycles. The summed E-state index contributed by atoms with van der Waals surface area (Å²) in [6, 6.07) is 17.3. The largest absolute Gasteiger partial charge is 0.387 e. The molecular weight excluding hydrogens is 303 g/mol. The smallest absolute Gasteiger partial charge is 0.129 e. The summed E-state index contributed by atoms with van der Waals surface area (Å²) in [5.74, 6) is -0.345. The zero-order valence-electron chi connectivity index (χ0n) is 13.9. The van der Waals surface area contributed by atoms with Crippen LogP contribution in [0.5, 0.6) is 0 Å². The van der Waals surface area contributed by atoms with Gasteiger partial charge in [-0.3, -0.25) is 0 Å². The lowest BCUT2D eigenvalue weighted by molar-refractivity contribution is 0.165. The molecule has 3 nitrogen and oxygen atoms in total. The van der Waals surface area contributed by atoms with E-state index in [1.807, 2.05) is 6.07 Å². The number of likely N-dealkylation sites (tertiary alicyclic amines) is 1. The van der Waals surface area contributed by atoms with Crippen LogP contribution in [0, 0.1) is 5.82 Å². The number of nitrogens with zero attached hydrogens (tertiary/aromatic N) is 1. The standard InChI is InChI=1S/C20H25FN2O/c21-19-9-5-4-8-18(19)20(24)14-22-17-11-13-23(15-17)12-10-16-6-2-1-3-7-16/h1-9,17,20,22,24H,10-15H2. The summed E-state index contributed by atoms with van der Waals surface area (Å²) in [5, 5.41) is 13.5. The van der Waals surface area contributed by atoms with Crippen LogP contribution in [0.25, 0.3) is 0 Å². The summed E-state index contributed by atoms with van der Waals surface area (Å²) >= 11 is 0. The maximum atomic E-state index is 13.7. The van der Waals surface area contributed by atoms with Gasteiger partial charge < -0.3 is 15.3 Å². The summed E-state index contributed by atoms with van der Waals surface area (Å²) in [6.45, 7) is 3.49. The van der Waals surface area contributed by atoms with Crippen molar-refractivity contribution >= 4 is 0 Å². The lowest BCUT2D eigenvalue weighted by Gasteiger charge is -2.19. The number of hydrogen-bond donors (Lipinski definition) is 2. The van der Waals surface area contributed by atoms with E-state index < -0.39 is 6.10 Å². The molecule has 1 heterocycles. The van der Waals surface area contributed by atoms with Gasteiger partial charge in [-0.25, -0.2) is 4.39 Å². The number of hydrogen-bond acceptors (Lipinski definition) is 3. The minimum atomic E-state index is -0.801. The highest BCUT2D eigenvalue weighted by molar-refractivity contribution is 5.20. The molecule has 0 spiro atoms. The number of nitrogens with one attached hydrogen (secondary N) is 1. The molecule has 128 valence electrons. The second-order valence-corrected chi connectivity index (χ2v) is 6.47. The molecule has 4 heteroatoms. The summed E-state index contributed by atoms with van der Waals surface area (Å²) in [4.78, 5) is 2.44. The molecule has 0 radical (unpaired) electrons. The van der Waals surface area contributed by atoms with Crippen LogP contribution in [0.15, 0.2) is 54.6 Å². The van der Waals surface area contributed by atoms with Gasteiger partial charge in [-0.2, -0.15) is 0 Å². The van der Waals surface area contributed by atoms with Crippen molar-refractivity contribution in [2.24, 2.45) is 0 Å². The van der Waals surface area contributed by atoms with E-state index in [4.69, 9.17) is 0 Å². The highest BCUT2D eigenvalue weighted by atomic mass is 19.1. The summed E-state index contributed by atoms with van der Waals surface area (Å²) in [5.41, 5.74) is 1.73. The maximum absolute atomic E-state index is 13.7. The predicted octanol–water partition coefficient (Wildman–Crippen LogP) is 2.77. The molecule has 2 atom stereocenters. The first kappa shape index (κ1) is 17.1. The molecule has 1 aliphatic rings. The van der Waals surface area contributed by atoms with Gasteiger partial charge in [-0.15, -0.1) is 0 Å². The monoisotopic (exact) mass is 328 g/mol. The van der Waals surface area contributed by atoms with Gasteiger partial charge in [0.15, 0.2) is 0 Å². The lowest BCUT2D eigenvalue weighted by Crippen LogP contribution is -2.35. The van der Waals surface area contributed by atoms with E-state index in [1.165, 1.54) is 11.6 Å². The molecule has 1 saturated heterocycles. The highest BCUT2D eigenvalue weighted by Gasteiger charge is 2.23. The molecule has 2 N–H and O–H groups in total. The summed E-state index contributed by atoms with van der Waals surface area (Å²) in [6.07, 6.45) is 1.33. The quantitative estimate of drug-likeness (QED) is 0.820. The number of halogens is 1. The molecule has 0 saturated carbocycles. The minimum absolute atomic E-state index is 0.345. The Hall–Kier alpha value is -1.75. The van der Waals surface area contributed by atoms with Crippen molar-refractivity contribution < 1.29 is 9.50 Å². The zero-order chi connectivity index (χ0) is 16.8. The molecule has 0 amide bonds. The average molecular weight is 328 g/mol. The predicted molar refractivity (Wildman–Crippen MR) is 94.4 cm³/mol. The van der Waals surface area contributed by atoms with Gasteiger partial charge in [0, 0.05) is 31.2 Å². The van der Waals surface area contributed by atoms with E-state index in [-0.39, 0.29) is 5.82 Å². The van der Waals surface area contributed by atoms with E-state index >= 15 is 0 Å². The van der Waals surface area contributed by atoms with Crippen LogP contribution in [0.1, 0.15) is 23.7 Å². The number of aliphatic hydroxyl groups is 1. The fourth-order valence-electron chi connectivity index (χ4n) is 3.27. The Morgan fingerprint density at radius 3 is 2.67 bits per heavy atom. The Labute approximate surface area is 143 Å². The van der Waals surface area contributed by atoms with Crippen molar-refractivity contribution in [3.63, 3.8) is 0 Å². The van der Waals surface area contributed by atoms with Crippen molar-refractivity contribution in [2.45, 2.75) is 25.0 Å². The van der Waals surface area contributed by atoms with Gasteiger partial charge in [-0.1, -0.05) is 48.5 Å². The van der Waals surface area contributed by atoms with Crippen molar-refractivity contribution in [3.8, 4) is 0 Å². The van der Waals surface area contributed by atoms with Crippen molar-refractivity contribution in [1.82, 2.24) is 10.2 Å². The summed E-state index contributed by atoms with van der Waals surface area (Å²) in [7, 11) is 0. The van der Waals surface area contributed by atoms with E-state index in [9.17, 15) is 9.50 Å². The molecular formula is C20H25FN2O. The molecule has 1 aliphatic heterocycles. The maximum Gasteiger partial charge on any atom is 0.129 e. The number of aliphatic hydroxyl groups excluding tert-OH is 1. The number of rotatable bonds is 7. The van der Waals surface area contributed by atoms with Gasteiger partial charge in [-0.05, 0) is 31.0 Å². The lowest BCUT2D eigenvalue weighted by atomic mass is 10.1. The van der Waals surface area contributed by atoms with Gasteiger partial charge in [0.05, 0.1) is 6.10 Å². The van der Waals surface area contributed by atoms with E-state index in [2.05, 4.69) is 34.5 Å². The third-order valence-corrected chi connectivity index (χ3v) is 4.70. The van der Waals surface area contributed by atoms with Crippen LogP contribution in [0.2, 0.25) is 0 Å².